The van der Waals surface area contributed by atoms with E-state index in [2.05, 4.69) is 6.58 Å². The first-order valence-electron chi connectivity index (χ1n) is 3.26. The summed E-state index contributed by atoms with van der Waals surface area (Å²) >= 11 is 0. The molecule has 0 aliphatic heterocycles. The van der Waals surface area contributed by atoms with Gasteiger partial charge in [-0.3, -0.25) is 0 Å². The number of rotatable bonds is 5. The number of hydrogen-bond acceptors (Lipinski definition) is 0. The van der Waals surface area contributed by atoms with Crippen molar-refractivity contribution in [3.05, 3.63) is 24.8 Å². The third kappa shape index (κ3) is 7.44. The lowest BCUT2D eigenvalue weighted by Crippen LogP contribution is -1.70. The molecule has 0 heterocycles. The van der Waals surface area contributed by atoms with Crippen LogP contribution in [0, 0.1) is 0 Å². The molecular weight excluding hydrogens is 112 g/mol. The van der Waals surface area contributed by atoms with Crippen LogP contribution in [-0.2, 0) is 5.11 Å². The largest absolute Gasteiger partial charge is 0.232 e. The van der Waals surface area contributed by atoms with E-state index in [0.717, 1.165) is 19.3 Å². The van der Waals surface area contributed by atoms with Gasteiger partial charge in [0.05, 0.1) is 0 Å². The first-order chi connectivity index (χ1) is 4.41. The fourth-order valence-electron chi connectivity index (χ4n) is 0.566. The molecule has 0 amide bonds. The molecule has 0 spiro atoms. The van der Waals surface area contributed by atoms with Crippen molar-refractivity contribution in [2.45, 2.75) is 19.3 Å². The highest BCUT2D eigenvalue weighted by atomic mass is 16.2. The number of allylic oxidation sites excluding steroid dienone is 2. The Hall–Kier alpha value is -0.560. The van der Waals surface area contributed by atoms with Gasteiger partial charge in [0.1, 0.15) is 6.61 Å². The Morgan fingerprint density at radius 1 is 1.22 bits per heavy atom. The van der Waals surface area contributed by atoms with Gasteiger partial charge >= 0.3 is 0 Å². The predicted octanol–water partition coefficient (Wildman–Crippen LogP) is 2.33. The number of hydrogen-bond donors (Lipinski definition) is 0. The molecule has 0 fully saturated rings. The molecule has 0 unspecified atom stereocenters. The lowest BCUT2D eigenvalue weighted by Gasteiger charge is -1.86. The minimum Gasteiger partial charge on any atom is -0.232 e. The molecule has 0 aromatic carbocycles. The zero-order valence-corrected chi connectivity index (χ0v) is 5.68. The summed E-state index contributed by atoms with van der Waals surface area (Å²) in [5, 5.41) is 9.86. The maximum absolute atomic E-state index is 9.86. The quantitative estimate of drug-likeness (QED) is 0.397. The molecule has 0 aliphatic rings. The molecule has 0 rings (SSSR count). The zero-order valence-electron chi connectivity index (χ0n) is 5.68. The molecule has 1 radical (unpaired) electrons. The maximum atomic E-state index is 9.86. The minimum atomic E-state index is -0.0892. The summed E-state index contributed by atoms with van der Waals surface area (Å²) in [6.07, 6.45) is 8.64. The second-order valence-electron chi connectivity index (χ2n) is 1.86. The van der Waals surface area contributed by atoms with Crippen molar-refractivity contribution in [3.8, 4) is 0 Å². The Morgan fingerprint density at radius 3 is 2.56 bits per heavy atom. The van der Waals surface area contributed by atoms with E-state index in [4.69, 9.17) is 0 Å². The van der Waals surface area contributed by atoms with Crippen molar-refractivity contribution < 1.29 is 5.11 Å². The fraction of sp³-hybridized carbons (Fsp3) is 0.500. The average molecular weight is 125 g/mol. The Kier molecular flexibility index (Phi) is 6.98. The van der Waals surface area contributed by atoms with Crippen LogP contribution in [0.5, 0.6) is 0 Å². The van der Waals surface area contributed by atoms with Crippen LogP contribution in [0.4, 0.5) is 0 Å². The van der Waals surface area contributed by atoms with E-state index in [1.165, 1.54) is 0 Å². The Bertz CT molecular complexity index is 84.6. The topological polar surface area (TPSA) is 19.9 Å². The maximum Gasteiger partial charge on any atom is 0.100 e. The second kappa shape index (κ2) is 7.44. The normalized spacial score (nSPS) is 10.3. The average Bonchev–Trinajstić information content (AvgIpc) is 1.89. The fourth-order valence-corrected chi connectivity index (χ4v) is 0.566. The predicted molar refractivity (Wildman–Crippen MR) is 38.7 cm³/mol. The van der Waals surface area contributed by atoms with Crippen molar-refractivity contribution in [1.29, 1.82) is 0 Å². The van der Waals surface area contributed by atoms with Gasteiger partial charge in [0.25, 0.3) is 0 Å². The van der Waals surface area contributed by atoms with Crippen LogP contribution in [0.15, 0.2) is 24.8 Å². The van der Waals surface area contributed by atoms with E-state index in [1.54, 1.807) is 6.08 Å². The van der Waals surface area contributed by atoms with Crippen LogP contribution < -0.4 is 0 Å². The van der Waals surface area contributed by atoms with Gasteiger partial charge in [-0.05, 0) is 19.3 Å². The summed E-state index contributed by atoms with van der Waals surface area (Å²) in [7, 11) is 0. The first-order valence-corrected chi connectivity index (χ1v) is 3.26. The van der Waals surface area contributed by atoms with E-state index in [1.807, 2.05) is 12.2 Å². The minimum absolute atomic E-state index is 0.0892. The molecule has 9 heavy (non-hydrogen) atoms. The van der Waals surface area contributed by atoms with Crippen molar-refractivity contribution in [1.82, 2.24) is 0 Å². The van der Waals surface area contributed by atoms with Crippen LogP contribution in [-0.4, -0.2) is 6.61 Å². The highest BCUT2D eigenvalue weighted by Gasteiger charge is 1.77. The van der Waals surface area contributed by atoms with Crippen LogP contribution in [0.1, 0.15) is 19.3 Å². The molecule has 0 saturated heterocycles. The molecule has 0 saturated carbocycles. The molecule has 0 aromatic rings. The Balaban J connectivity index is 2.90. The van der Waals surface area contributed by atoms with E-state index >= 15 is 0 Å². The van der Waals surface area contributed by atoms with E-state index in [0.29, 0.717) is 0 Å². The standard InChI is InChI=1S/C8H13O/c1-2-3-4-5-6-7-8-9/h2,6-7H,1,3-5,8H2/b7-6+. The van der Waals surface area contributed by atoms with Crippen LogP contribution in [0.3, 0.4) is 0 Å². The molecule has 0 aromatic heterocycles. The van der Waals surface area contributed by atoms with Crippen molar-refractivity contribution in [2.24, 2.45) is 0 Å². The second-order valence-corrected chi connectivity index (χ2v) is 1.86. The van der Waals surface area contributed by atoms with E-state index in [-0.39, 0.29) is 6.61 Å². The highest BCUT2D eigenvalue weighted by Crippen LogP contribution is 1.95. The summed E-state index contributed by atoms with van der Waals surface area (Å²) < 4.78 is 0. The van der Waals surface area contributed by atoms with Gasteiger partial charge in [-0.1, -0.05) is 18.2 Å². The third-order valence-corrected chi connectivity index (χ3v) is 1.04. The van der Waals surface area contributed by atoms with Crippen LogP contribution >= 0.6 is 0 Å². The van der Waals surface area contributed by atoms with Crippen LogP contribution in [0.25, 0.3) is 0 Å². The zero-order chi connectivity index (χ0) is 6.95. The van der Waals surface area contributed by atoms with Crippen molar-refractivity contribution >= 4 is 0 Å². The van der Waals surface area contributed by atoms with Crippen molar-refractivity contribution in [3.63, 3.8) is 0 Å². The van der Waals surface area contributed by atoms with Gasteiger partial charge in [0.15, 0.2) is 0 Å². The lowest BCUT2D eigenvalue weighted by molar-refractivity contribution is 0.232. The molecule has 0 atom stereocenters. The molecule has 0 N–H and O–H groups in total. The van der Waals surface area contributed by atoms with Crippen molar-refractivity contribution in [2.75, 3.05) is 6.61 Å². The van der Waals surface area contributed by atoms with Gasteiger partial charge in [0, 0.05) is 0 Å². The molecular formula is C8H13O. The SMILES string of the molecule is C=CCCC/C=C/C[O]. The summed E-state index contributed by atoms with van der Waals surface area (Å²) in [4.78, 5) is 0. The highest BCUT2D eigenvalue weighted by molar-refractivity contribution is 4.81. The van der Waals surface area contributed by atoms with Gasteiger partial charge < -0.3 is 0 Å². The van der Waals surface area contributed by atoms with E-state index in [9.17, 15) is 5.11 Å². The monoisotopic (exact) mass is 125 g/mol. The summed E-state index contributed by atoms with van der Waals surface area (Å²) in [5.74, 6) is 0. The summed E-state index contributed by atoms with van der Waals surface area (Å²) in [6.45, 7) is 3.50. The summed E-state index contributed by atoms with van der Waals surface area (Å²) in [5.41, 5.74) is 0. The smallest absolute Gasteiger partial charge is 0.100 e. The molecule has 1 nitrogen and oxygen atoms in total. The van der Waals surface area contributed by atoms with Gasteiger partial charge in [-0.2, -0.15) is 0 Å². The Morgan fingerprint density at radius 2 is 2.00 bits per heavy atom. The molecule has 0 bridgehead atoms. The van der Waals surface area contributed by atoms with Gasteiger partial charge in [-0.25, -0.2) is 5.11 Å². The number of unbranched alkanes of at least 4 members (excludes halogenated alkanes) is 2. The summed E-state index contributed by atoms with van der Waals surface area (Å²) in [6, 6.07) is 0. The van der Waals surface area contributed by atoms with E-state index < -0.39 is 0 Å². The molecule has 1 heteroatoms. The lowest BCUT2D eigenvalue weighted by atomic mass is 10.2. The molecule has 51 valence electrons. The van der Waals surface area contributed by atoms with Crippen LogP contribution in [0.2, 0.25) is 0 Å². The Labute approximate surface area is 56.7 Å². The molecule has 0 aliphatic carbocycles. The first kappa shape index (κ1) is 8.44. The van der Waals surface area contributed by atoms with Gasteiger partial charge in [0.2, 0.25) is 0 Å². The third-order valence-electron chi connectivity index (χ3n) is 1.04. The van der Waals surface area contributed by atoms with Gasteiger partial charge in [-0.15, -0.1) is 6.58 Å².